The first-order valence-electron chi connectivity index (χ1n) is 4.94. The maximum absolute atomic E-state index is 10.6. The summed E-state index contributed by atoms with van der Waals surface area (Å²) in [7, 11) is 0. The Morgan fingerprint density at radius 2 is 2.13 bits per heavy atom. The molecule has 0 radical (unpaired) electrons. The Hall–Kier alpha value is -1.51. The van der Waals surface area contributed by atoms with Crippen molar-refractivity contribution >= 4 is 5.97 Å². The molecule has 0 fully saturated rings. The van der Waals surface area contributed by atoms with E-state index in [0.717, 1.165) is 16.9 Å². The van der Waals surface area contributed by atoms with Crippen molar-refractivity contribution in [3.05, 3.63) is 29.3 Å². The zero-order valence-corrected chi connectivity index (χ0v) is 9.28. The van der Waals surface area contributed by atoms with Crippen LogP contribution in [0.15, 0.2) is 18.2 Å². The Morgan fingerprint density at radius 1 is 1.47 bits per heavy atom. The number of carboxylic acid groups (broad SMARTS) is 1. The van der Waals surface area contributed by atoms with E-state index in [2.05, 4.69) is 0 Å². The predicted molar refractivity (Wildman–Crippen MR) is 58.2 cm³/mol. The van der Waals surface area contributed by atoms with E-state index < -0.39 is 11.9 Å². The van der Waals surface area contributed by atoms with Gasteiger partial charge in [-0.25, -0.2) is 0 Å². The maximum atomic E-state index is 10.6. The topological polar surface area (TPSA) is 46.5 Å². The molecule has 1 atom stereocenters. The highest BCUT2D eigenvalue weighted by Gasteiger charge is 2.12. The molecule has 0 aromatic heterocycles. The fraction of sp³-hybridized carbons (Fsp3) is 0.417. The molecule has 0 saturated carbocycles. The number of hydrogen-bond donors (Lipinski definition) is 1. The molecule has 1 aromatic carbocycles. The van der Waals surface area contributed by atoms with Crippen LogP contribution < -0.4 is 4.74 Å². The zero-order valence-electron chi connectivity index (χ0n) is 9.28. The van der Waals surface area contributed by atoms with Crippen LogP contribution in [-0.2, 0) is 4.79 Å². The van der Waals surface area contributed by atoms with E-state index in [0.29, 0.717) is 0 Å². The minimum absolute atomic E-state index is 0.208. The first-order chi connectivity index (χ1) is 7.02. The average molecular weight is 208 g/mol. The standard InChI is InChI=1S/C12H16O3/c1-8-5-4-6-11(10(8)3)15-7-9(2)12(13)14/h4-6,9H,7H2,1-3H3,(H,13,14). The maximum Gasteiger partial charge on any atom is 0.309 e. The van der Waals surface area contributed by atoms with E-state index in [1.54, 1.807) is 6.92 Å². The van der Waals surface area contributed by atoms with Gasteiger partial charge >= 0.3 is 5.97 Å². The number of ether oxygens (including phenoxy) is 1. The molecule has 3 heteroatoms. The molecule has 0 heterocycles. The van der Waals surface area contributed by atoms with Crippen molar-refractivity contribution in [2.45, 2.75) is 20.8 Å². The molecule has 82 valence electrons. The van der Waals surface area contributed by atoms with Gasteiger partial charge < -0.3 is 9.84 Å². The van der Waals surface area contributed by atoms with Crippen LogP contribution in [-0.4, -0.2) is 17.7 Å². The summed E-state index contributed by atoms with van der Waals surface area (Å²) < 4.78 is 5.46. The van der Waals surface area contributed by atoms with E-state index in [-0.39, 0.29) is 6.61 Å². The third kappa shape index (κ3) is 2.98. The van der Waals surface area contributed by atoms with E-state index in [4.69, 9.17) is 9.84 Å². The van der Waals surface area contributed by atoms with Crippen molar-refractivity contribution in [1.82, 2.24) is 0 Å². The third-order valence-corrected chi connectivity index (χ3v) is 2.47. The molecule has 0 spiro atoms. The van der Waals surface area contributed by atoms with Crippen LogP contribution in [0.5, 0.6) is 5.75 Å². The molecule has 0 aliphatic carbocycles. The minimum Gasteiger partial charge on any atom is -0.492 e. The molecule has 1 unspecified atom stereocenters. The quantitative estimate of drug-likeness (QED) is 0.826. The van der Waals surface area contributed by atoms with Gasteiger partial charge in [-0.2, -0.15) is 0 Å². The van der Waals surface area contributed by atoms with Gasteiger partial charge in [0.1, 0.15) is 12.4 Å². The highest BCUT2D eigenvalue weighted by atomic mass is 16.5. The van der Waals surface area contributed by atoms with Gasteiger partial charge in [-0.05, 0) is 38.0 Å². The molecule has 0 aliphatic heterocycles. The second-order valence-corrected chi connectivity index (χ2v) is 3.75. The lowest BCUT2D eigenvalue weighted by Crippen LogP contribution is -2.18. The Labute approximate surface area is 89.7 Å². The largest absolute Gasteiger partial charge is 0.492 e. The van der Waals surface area contributed by atoms with Gasteiger partial charge in [-0.15, -0.1) is 0 Å². The summed E-state index contributed by atoms with van der Waals surface area (Å²) in [5.74, 6) is -0.548. The number of carboxylic acids is 1. The highest BCUT2D eigenvalue weighted by Crippen LogP contribution is 2.20. The average Bonchev–Trinajstić information content (AvgIpc) is 2.19. The van der Waals surface area contributed by atoms with Crippen LogP contribution in [0.2, 0.25) is 0 Å². The monoisotopic (exact) mass is 208 g/mol. The normalized spacial score (nSPS) is 12.2. The molecule has 15 heavy (non-hydrogen) atoms. The van der Waals surface area contributed by atoms with Gasteiger partial charge in [-0.3, -0.25) is 4.79 Å². The van der Waals surface area contributed by atoms with E-state index >= 15 is 0 Å². The molecule has 0 aliphatic rings. The van der Waals surface area contributed by atoms with E-state index in [1.807, 2.05) is 32.0 Å². The Kier molecular flexibility index (Phi) is 3.72. The van der Waals surface area contributed by atoms with Gasteiger partial charge in [0.25, 0.3) is 0 Å². The van der Waals surface area contributed by atoms with Crippen LogP contribution in [0, 0.1) is 19.8 Å². The SMILES string of the molecule is Cc1cccc(OCC(C)C(=O)O)c1C. The summed E-state index contributed by atoms with van der Waals surface area (Å²) in [6.07, 6.45) is 0. The highest BCUT2D eigenvalue weighted by molar-refractivity contribution is 5.69. The van der Waals surface area contributed by atoms with Crippen molar-refractivity contribution in [1.29, 1.82) is 0 Å². The predicted octanol–water partition coefficient (Wildman–Crippen LogP) is 2.40. The Balaban J connectivity index is 2.66. The van der Waals surface area contributed by atoms with Gasteiger partial charge in [0, 0.05) is 0 Å². The van der Waals surface area contributed by atoms with Gasteiger partial charge in [0.15, 0.2) is 0 Å². The van der Waals surface area contributed by atoms with Crippen molar-refractivity contribution in [2.24, 2.45) is 5.92 Å². The fourth-order valence-electron chi connectivity index (χ4n) is 1.17. The van der Waals surface area contributed by atoms with Crippen LogP contribution in [0.3, 0.4) is 0 Å². The Bertz CT molecular complexity index is 358. The minimum atomic E-state index is -0.833. The van der Waals surface area contributed by atoms with Crippen molar-refractivity contribution < 1.29 is 14.6 Å². The van der Waals surface area contributed by atoms with Crippen LogP contribution in [0.4, 0.5) is 0 Å². The third-order valence-electron chi connectivity index (χ3n) is 2.47. The molecular formula is C12H16O3. The summed E-state index contributed by atoms with van der Waals surface area (Å²) in [5.41, 5.74) is 2.21. The van der Waals surface area contributed by atoms with Gasteiger partial charge in [0.05, 0.1) is 5.92 Å². The van der Waals surface area contributed by atoms with Crippen LogP contribution in [0.25, 0.3) is 0 Å². The van der Waals surface area contributed by atoms with Crippen molar-refractivity contribution in [3.8, 4) is 5.75 Å². The first-order valence-corrected chi connectivity index (χ1v) is 4.94. The lowest BCUT2D eigenvalue weighted by molar-refractivity contribution is -0.142. The van der Waals surface area contributed by atoms with Gasteiger partial charge in [-0.1, -0.05) is 12.1 Å². The number of aryl methyl sites for hydroxylation is 1. The summed E-state index contributed by atoms with van der Waals surface area (Å²) in [5, 5.41) is 8.70. The zero-order chi connectivity index (χ0) is 11.4. The smallest absolute Gasteiger partial charge is 0.309 e. The summed E-state index contributed by atoms with van der Waals surface area (Å²) in [6.45, 7) is 5.81. The van der Waals surface area contributed by atoms with Crippen molar-refractivity contribution in [2.75, 3.05) is 6.61 Å². The van der Waals surface area contributed by atoms with Crippen LogP contribution in [0.1, 0.15) is 18.1 Å². The summed E-state index contributed by atoms with van der Waals surface area (Å²) in [6, 6.07) is 5.77. The molecule has 3 nitrogen and oxygen atoms in total. The molecular weight excluding hydrogens is 192 g/mol. The molecule has 0 saturated heterocycles. The van der Waals surface area contributed by atoms with Crippen molar-refractivity contribution in [3.63, 3.8) is 0 Å². The molecule has 1 N–H and O–H groups in total. The Morgan fingerprint density at radius 3 is 2.73 bits per heavy atom. The summed E-state index contributed by atoms with van der Waals surface area (Å²) >= 11 is 0. The summed E-state index contributed by atoms with van der Waals surface area (Å²) in [4.78, 5) is 10.6. The molecule has 1 rings (SSSR count). The number of rotatable bonds is 4. The number of benzene rings is 1. The van der Waals surface area contributed by atoms with Gasteiger partial charge in [0.2, 0.25) is 0 Å². The number of aliphatic carboxylic acids is 1. The fourth-order valence-corrected chi connectivity index (χ4v) is 1.17. The van der Waals surface area contributed by atoms with E-state index in [9.17, 15) is 4.79 Å². The van der Waals surface area contributed by atoms with Crippen LogP contribution >= 0.6 is 0 Å². The number of carbonyl (C=O) groups is 1. The number of hydrogen-bond acceptors (Lipinski definition) is 2. The molecule has 0 amide bonds. The molecule has 1 aromatic rings. The molecule has 0 bridgehead atoms. The second kappa shape index (κ2) is 4.82. The lowest BCUT2D eigenvalue weighted by Gasteiger charge is -2.12. The van der Waals surface area contributed by atoms with E-state index in [1.165, 1.54) is 0 Å². The lowest BCUT2D eigenvalue weighted by atomic mass is 10.1. The second-order valence-electron chi connectivity index (χ2n) is 3.75. The first kappa shape index (κ1) is 11.6.